The summed E-state index contributed by atoms with van der Waals surface area (Å²) < 4.78 is 34.8. The summed E-state index contributed by atoms with van der Waals surface area (Å²) in [4.78, 5) is 36.0. The molecule has 89 heavy (non-hydrogen) atoms. The topological polar surface area (TPSA) is 108 Å². The monoisotopic (exact) mass is 1280 g/mol. The number of nitrogens with zero attached hydrogens (tertiary/aromatic N) is 1. The van der Waals surface area contributed by atoms with Crippen LogP contribution in [0.5, 0.6) is 0 Å². The van der Waals surface area contributed by atoms with Gasteiger partial charge in [0, 0.05) is 12.8 Å². The van der Waals surface area contributed by atoms with Crippen molar-refractivity contribution in [3.63, 3.8) is 0 Å². The van der Waals surface area contributed by atoms with Gasteiger partial charge in [0.1, 0.15) is 19.8 Å². The Morgan fingerprint density at radius 2 is 0.506 bits per heavy atom. The van der Waals surface area contributed by atoms with Crippen LogP contribution in [0, 0.1) is 0 Å². The third-order valence-corrected chi connectivity index (χ3v) is 19.9. The molecule has 2 atom stereocenters. The molecule has 0 spiro atoms. The van der Waals surface area contributed by atoms with Gasteiger partial charge in [0.05, 0.1) is 27.7 Å². The molecule has 0 aliphatic rings. The Morgan fingerprint density at radius 3 is 0.719 bits per heavy atom. The lowest BCUT2D eigenvalue weighted by Gasteiger charge is -2.24. The number of rotatable bonds is 77. The second kappa shape index (κ2) is 71.3. The molecule has 0 aromatic rings. The average Bonchev–Trinajstić information content (AvgIpc) is 3.62. The number of phosphoric ester groups is 1. The number of likely N-dealkylation sites (N-methyl/N-ethyl adjacent to an activating group) is 1. The van der Waals surface area contributed by atoms with Crippen LogP contribution in [0.15, 0.2) is 0 Å². The van der Waals surface area contributed by atoms with Crippen LogP contribution in [0.25, 0.3) is 0 Å². The SMILES string of the molecule is CCCCCCCCCCCCCCCCCCCCCCCCCCCCCCCCCCCCCCC(=O)OC(COC(=O)CCCCCCCCCCCCCCCCCCCCCCCCCCCCCCC)COP(=O)(O)OCC[N+](C)(C)C. The summed E-state index contributed by atoms with van der Waals surface area (Å²) in [7, 11) is 1.51. The smallest absolute Gasteiger partial charge is 0.462 e. The molecule has 9 nitrogen and oxygen atoms in total. The van der Waals surface area contributed by atoms with Crippen LogP contribution in [-0.4, -0.2) is 74.9 Å². The van der Waals surface area contributed by atoms with Crippen molar-refractivity contribution in [1.29, 1.82) is 0 Å². The van der Waals surface area contributed by atoms with Crippen LogP contribution in [-0.2, 0) is 32.7 Å². The number of hydrogen-bond donors (Lipinski definition) is 1. The maximum Gasteiger partial charge on any atom is 0.472 e. The first-order chi connectivity index (χ1) is 43.5. The van der Waals surface area contributed by atoms with Gasteiger partial charge in [-0.2, -0.15) is 0 Å². The minimum atomic E-state index is -4.39. The molecule has 0 amide bonds. The molecule has 0 fully saturated rings. The Kier molecular flexibility index (Phi) is 70.5. The molecular weight excluding hydrogens is 1120 g/mol. The largest absolute Gasteiger partial charge is 0.472 e. The van der Waals surface area contributed by atoms with Gasteiger partial charge >= 0.3 is 19.8 Å². The first-order valence-corrected chi connectivity index (χ1v) is 41.8. The Balaban J connectivity index is 3.88. The summed E-state index contributed by atoms with van der Waals surface area (Å²) in [5.41, 5.74) is 0. The fraction of sp³-hybridized carbons (Fsp3) is 0.975. The summed E-state index contributed by atoms with van der Waals surface area (Å²) in [5, 5.41) is 0. The normalized spacial score (nSPS) is 12.9. The Hall–Kier alpha value is -0.990. The highest BCUT2D eigenvalue weighted by atomic mass is 31.2. The number of carbonyl (C=O) groups excluding carboxylic acids is 2. The second-order valence-electron chi connectivity index (χ2n) is 29.2. The van der Waals surface area contributed by atoms with Crippen molar-refractivity contribution in [2.75, 3.05) is 47.5 Å². The summed E-state index contributed by atoms with van der Waals surface area (Å²) in [5.74, 6) is -0.764. The molecule has 0 heterocycles. The zero-order valence-electron chi connectivity index (χ0n) is 61.0. The van der Waals surface area contributed by atoms with E-state index in [9.17, 15) is 19.0 Å². The van der Waals surface area contributed by atoms with Crippen molar-refractivity contribution >= 4 is 19.8 Å². The van der Waals surface area contributed by atoms with Gasteiger partial charge in [0.25, 0.3) is 0 Å². The van der Waals surface area contributed by atoms with Crippen molar-refractivity contribution in [3.8, 4) is 0 Å². The van der Waals surface area contributed by atoms with Gasteiger partial charge < -0.3 is 18.9 Å². The van der Waals surface area contributed by atoms with Gasteiger partial charge in [-0.05, 0) is 12.8 Å². The molecule has 2 unspecified atom stereocenters. The third kappa shape index (κ3) is 75.9. The summed E-state index contributed by atoms with van der Waals surface area (Å²) in [6, 6.07) is 0. The minimum absolute atomic E-state index is 0.0379. The fourth-order valence-electron chi connectivity index (χ4n) is 12.7. The standard InChI is InChI=1S/C79H158NO8P/c1-6-8-10-12-14-16-18-20-22-24-26-28-30-32-34-36-37-38-39-40-41-42-44-46-48-50-52-54-56-58-60-62-64-66-68-70-72-79(82)88-77(76-87-89(83,84)86-74-73-80(3,4)5)75-85-78(81)71-69-67-65-63-61-59-57-55-53-51-49-47-45-43-35-33-31-29-27-25-23-21-19-17-15-13-11-9-7-2/h77H,6-76H2,1-5H3/p+1. The molecule has 0 saturated carbocycles. The molecule has 0 aromatic heterocycles. The lowest BCUT2D eigenvalue weighted by Crippen LogP contribution is -2.37. The number of carbonyl (C=O) groups is 2. The lowest BCUT2D eigenvalue weighted by atomic mass is 10.0. The van der Waals surface area contributed by atoms with Crippen LogP contribution < -0.4 is 0 Å². The van der Waals surface area contributed by atoms with Crippen LogP contribution in [0.3, 0.4) is 0 Å². The molecule has 0 aliphatic heterocycles. The summed E-state index contributed by atoms with van der Waals surface area (Å²) >= 11 is 0. The van der Waals surface area contributed by atoms with E-state index in [1.54, 1.807) is 0 Å². The van der Waals surface area contributed by atoms with Crippen molar-refractivity contribution in [1.82, 2.24) is 0 Å². The molecule has 0 aliphatic carbocycles. The Labute approximate surface area is 556 Å². The van der Waals surface area contributed by atoms with Crippen LogP contribution >= 0.6 is 7.82 Å². The maximum atomic E-state index is 12.9. The van der Waals surface area contributed by atoms with Crippen molar-refractivity contribution in [2.45, 2.75) is 450 Å². The highest BCUT2D eigenvalue weighted by molar-refractivity contribution is 7.47. The first kappa shape index (κ1) is 88.0. The van der Waals surface area contributed by atoms with Crippen LogP contribution in [0.2, 0.25) is 0 Å². The maximum absolute atomic E-state index is 12.9. The highest BCUT2D eigenvalue weighted by Gasteiger charge is 2.27. The molecule has 10 heteroatoms. The van der Waals surface area contributed by atoms with Gasteiger partial charge in [-0.15, -0.1) is 0 Å². The van der Waals surface area contributed by atoms with Crippen molar-refractivity contribution in [2.24, 2.45) is 0 Å². The Morgan fingerprint density at radius 1 is 0.303 bits per heavy atom. The number of unbranched alkanes of at least 4 members (excludes halogenated alkanes) is 63. The van der Waals surface area contributed by atoms with E-state index in [-0.39, 0.29) is 25.6 Å². The predicted molar refractivity (Wildman–Crippen MR) is 386 cm³/mol. The van der Waals surface area contributed by atoms with Gasteiger partial charge in [0.15, 0.2) is 6.10 Å². The quantitative estimate of drug-likeness (QED) is 0.0278. The van der Waals surface area contributed by atoms with Gasteiger partial charge in [0.2, 0.25) is 0 Å². The first-order valence-electron chi connectivity index (χ1n) is 40.3. The number of ether oxygens (including phenoxy) is 2. The fourth-order valence-corrected chi connectivity index (χ4v) is 13.5. The van der Waals surface area contributed by atoms with Crippen molar-refractivity contribution in [3.05, 3.63) is 0 Å². The van der Waals surface area contributed by atoms with Gasteiger partial charge in [-0.25, -0.2) is 4.57 Å². The molecule has 0 saturated heterocycles. The zero-order chi connectivity index (χ0) is 64.8. The van der Waals surface area contributed by atoms with Crippen LogP contribution in [0.4, 0.5) is 0 Å². The number of hydrogen-bond acceptors (Lipinski definition) is 7. The van der Waals surface area contributed by atoms with Gasteiger partial charge in [-0.3, -0.25) is 18.6 Å². The van der Waals surface area contributed by atoms with E-state index < -0.39 is 26.5 Å². The number of phosphoric acid groups is 1. The molecule has 532 valence electrons. The predicted octanol–water partition coefficient (Wildman–Crippen LogP) is 26.5. The molecule has 0 bridgehead atoms. The second-order valence-corrected chi connectivity index (χ2v) is 30.6. The highest BCUT2D eigenvalue weighted by Crippen LogP contribution is 2.43. The van der Waals surface area contributed by atoms with Crippen molar-refractivity contribution < 1.29 is 42.1 Å². The lowest BCUT2D eigenvalue weighted by molar-refractivity contribution is -0.870. The third-order valence-electron chi connectivity index (χ3n) is 18.9. The molecule has 0 aromatic carbocycles. The van der Waals surface area contributed by atoms with E-state index in [0.717, 1.165) is 38.5 Å². The summed E-state index contributed by atoms with van der Waals surface area (Å²) in [6.07, 6.45) is 88.4. The molecule has 0 radical (unpaired) electrons. The van der Waals surface area contributed by atoms with E-state index in [2.05, 4.69) is 13.8 Å². The number of esters is 2. The molecule has 1 N–H and O–H groups in total. The average molecular weight is 1280 g/mol. The van der Waals surface area contributed by atoms with E-state index in [0.29, 0.717) is 17.4 Å². The molecule has 0 rings (SSSR count). The number of quaternary nitrogens is 1. The van der Waals surface area contributed by atoms with Crippen LogP contribution in [0.1, 0.15) is 444 Å². The molecular formula is C79H159NO8P+. The van der Waals surface area contributed by atoms with E-state index in [4.69, 9.17) is 18.5 Å². The zero-order valence-corrected chi connectivity index (χ0v) is 61.9. The van der Waals surface area contributed by atoms with Gasteiger partial charge in [-0.1, -0.05) is 418 Å². The van der Waals surface area contributed by atoms with E-state index >= 15 is 0 Å². The Bertz CT molecular complexity index is 1460. The van der Waals surface area contributed by atoms with E-state index in [1.165, 1.54) is 379 Å². The van der Waals surface area contributed by atoms with E-state index in [1.807, 2.05) is 21.1 Å². The minimum Gasteiger partial charge on any atom is -0.462 e. The summed E-state index contributed by atoms with van der Waals surface area (Å²) in [6.45, 7) is 4.54.